The summed E-state index contributed by atoms with van der Waals surface area (Å²) in [5.74, 6) is -2.57. The van der Waals surface area contributed by atoms with Crippen molar-refractivity contribution in [1.29, 1.82) is 0 Å². The van der Waals surface area contributed by atoms with Gasteiger partial charge >= 0.3 is 12.1 Å². The molecule has 0 radical (unpaired) electrons. The fourth-order valence-corrected chi connectivity index (χ4v) is 7.67. The summed E-state index contributed by atoms with van der Waals surface area (Å²) in [6.45, 7) is 9.11. The Morgan fingerprint density at radius 3 is 2.39 bits per heavy atom. The van der Waals surface area contributed by atoms with Gasteiger partial charge in [-0.2, -0.15) is 0 Å². The lowest BCUT2D eigenvalue weighted by atomic mass is 9.85. The van der Waals surface area contributed by atoms with Gasteiger partial charge in [0.15, 0.2) is 0 Å². The van der Waals surface area contributed by atoms with E-state index >= 15 is 0 Å². The fourth-order valence-electron chi connectivity index (χ4n) is 6.64. The van der Waals surface area contributed by atoms with E-state index in [0.717, 1.165) is 30.6 Å². The van der Waals surface area contributed by atoms with Crippen LogP contribution >= 0.6 is 22.9 Å². The van der Waals surface area contributed by atoms with Crippen LogP contribution in [0.4, 0.5) is 4.79 Å². The SMILES string of the molecule is C=C[C@@H]1CC1(NC(=O)[C@@H]1C[C@@H](Oc2nc3ccccc3nc2-c2ccc(Cl)s2)CN1C(=O)[C@@H](NC(=O)OC1CCCC1)C(C)(C)C)C(=O)O. The van der Waals surface area contributed by atoms with Crippen LogP contribution in [0.15, 0.2) is 49.1 Å². The number of rotatable bonds is 10. The number of carbonyl (C=O) groups is 4. The average Bonchev–Trinajstić information content (AvgIpc) is 3.44. The summed E-state index contributed by atoms with van der Waals surface area (Å²) in [6, 6.07) is 8.75. The highest BCUT2D eigenvalue weighted by molar-refractivity contribution is 7.19. The van der Waals surface area contributed by atoms with E-state index in [-0.39, 0.29) is 31.4 Å². The Balaban J connectivity index is 1.31. The van der Waals surface area contributed by atoms with Gasteiger partial charge in [-0.25, -0.2) is 19.6 Å². The number of ether oxygens (including phenoxy) is 2. The number of nitrogens with one attached hydrogen (secondary N) is 2. The van der Waals surface area contributed by atoms with E-state index in [1.165, 1.54) is 22.3 Å². The molecule has 49 heavy (non-hydrogen) atoms. The lowest BCUT2D eigenvalue weighted by molar-refractivity contribution is -0.146. The third kappa shape index (κ3) is 7.23. The molecule has 6 rings (SSSR count). The minimum absolute atomic E-state index is 0.0348. The third-order valence-electron chi connectivity index (χ3n) is 9.45. The number of halogens is 1. The topological polar surface area (TPSA) is 160 Å². The van der Waals surface area contributed by atoms with Crippen molar-refractivity contribution >= 4 is 57.8 Å². The summed E-state index contributed by atoms with van der Waals surface area (Å²) in [5.41, 5.74) is -0.571. The normalized spacial score (nSPS) is 24.3. The maximum Gasteiger partial charge on any atom is 0.408 e. The van der Waals surface area contributed by atoms with Crippen molar-refractivity contribution in [2.24, 2.45) is 11.3 Å². The van der Waals surface area contributed by atoms with Gasteiger partial charge in [0, 0.05) is 12.3 Å². The first-order valence-electron chi connectivity index (χ1n) is 16.4. The van der Waals surface area contributed by atoms with Crippen LogP contribution in [0.5, 0.6) is 5.88 Å². The fraction of sp³-hybridized carbons (Fsp3) is 0.486. The predicted molar refractivity (Wildman–Crippen MR) is 184 cm³/mol. The van der Waals surface area contributed by atoms with Crippen LogP contribution < -0.4 is 15.4 Å². The molecule has 14 heteroatoms. The average molecular weight is 710 g/mol. The van der Waals surface area contributed by atoms with Crippen molar-refractivity contribution in [3.63, 3.8) is 0 Å². The van der Waals surface area contributed by atoms with Crippen LogP contribution in [0.3, 0.4) is 0 Å². The number of fused-ring (bicyclic) bond motifs is 1. The Hall–Kier alpha value is -4.23. The number of thiophene rings is 1. The Labute approximate surface area is 293 Å². The first kappa shape index (κ1) is 34.6. The monoisotopic (exact) mass is 709 g/mol. The minimum atomic E-state index is -1.51. The molecule has 260 valence electrons. The van der Waals surface area contributed by atoms with Crippen molar-refractivity contribution in [3.8, 4) is 16.5 Å². The molecule has 3 aliphatic rings. The smallest absolute Gasteiger partial charge is 0.408 e. The Kier molecular flexibility index (Phi) is 9.60. The van der Waals surface area contributed by atoms with E-state index < -0.39 is 58.9 Å². The number of amides is 3. The number of para-hydroxylation sites is 2. The number of likely N-dealkylation sites (tertiary alicyclic amines) is 1. The van der Waals surface area contributed by atoms with Crippen molar-refractivity contribution < 1.29 is 33.8 Å². The number of nitrogens with zero attached hydrogens (tertiary/aromatic N) is 3. The summed E-state index contributed by atoms with van der Waals surface area (Å²) >= 11 is 7.58. The number of carbonyl (C=O) groups excluding carboxylic acids is 3. The van der Waals surface area contributed by atoms with Gasteiger partial charge in [0.1, 0.15) is 35.5 Å². The van der Waals surface area contributed by atoms with Crippen LogP contribution in [-0.4, -0.2) is 80.2 Å². The van der Waals surface area contributed by atoms with E-state index in [2.05, 4.69) is 17.2 Å². The maximum absolute atomic E-state index is 14.4. The molecule has 3 N–H and O–H groups in total. The molecule has 2 aliphatic carbocycles. The second-order valence-corrected chi connectivity index (χ2v) is 15.7. The summed E-state index contributed by atoms with van der Waals surface area (Å²) < 4.78 is 12.7. The van der Waals surface area contributed by atoms with E-state index in [1.54, 1.807) is 6.07 Å². The van der Waals surface area contributed by atoms with E-state index in [1.807, 2.05) is 51.1 Å². The van der Waals surface area contributed by atoms with Gasteiger partial charge in [0.2, 0.25) is 17.7 Å². The summed E-state index contributed by atoms with van der Waals surface area (Å²) in [6.07, 6.45) is 3.57. The summed E-state index contributed by atoms with van der Waals surface area (Å²) in [5, 5.41) is 15.5. The molecule has 1 unspecified atom stereocenters. The number of hydrogen-bond acceptors (Lipinski definition) is 9. The van der Waals surface area contributed by atoms with Gasteiger partial charge in [0.25, 0.3) is 0 Å². The Morgan fingerprint density at radius 1 is 1.10 bits per heavy atom. The van der Waals surface area contributed by atoms with Gasteiger partial charge in [-0.15, -0.1) is 17.9 Å². The number of benzene rings is 1. The zero-order chi connectivity index (χ0) is 35.1. The molecule has 1 aromatic carbocycles. The highest BCUT2D eigenvalue weighted by atomic mass is 35.5. The number of aromatic nitrogens is 2. The standard InChI is InChI=1S/C35H40ClN5O7S/c1-5-19-17-35(19,32(44)45)40-29(42)24-16-21(18-41(24)31(43)28(34(2,3)4)39-33(46)48-20-10-6-7-11-20)47-30-27(25-14-15-26(36)49-25)37-22-12-8-9-13-23(22)38-30/h5,8-9,12-15,19-21,24,28H,1,6-7,10-11,16-18H2,2-4H3,(H,39,46)(H,40,42)(H,44,45)/t19-,21-,24+,28-,35?/m1/s1. The van der Waals surface area contributed by atoms with Gasteiger partial charge < -0.3 is 30.1 Å². The molecule has 3 heterocycles. The van der Waals surface area contributed by atoms with Crippen molar-refractivity contribution in [1.82, 2.24) is 25.5 Å². The van der Waals surface area contributed by atoms with E-state index in [4.69, 9.17) is 31.0 Å². The van der Waals surface area contributed by atoms with Gasteiger partial charge in [-0.05, 0) is 61.8 Å². The first-order valence-corrected chi connectivity index (χ1v) is 17.6. The van der Waals surface area contributed by atoms with E-state index in [9.17, 15) is 24.3 Å². The van der Waals surface area contributed by atoms with Crippen LogP contribution in [0.1, 0.15) is 59.3 Å². The first-order chi connectivity index (χ1) is 23.3. The van der Waals surface area contributed by atoms with Crippen LogP contribution in [-0.2, 0) is 19.1 Å². The molecular formula is C35H40ClN5O7S. The summed E-state index contributed by atoms with van der Waals surface area (Å²) in [4.78, 5) is 65.3. The van der Waals surface area contributed by atoms with Crippen molar-refractivity contribution in [2.75, 3.05) is 6.54 Å². The Morgan fingerprint density at radius 2 is 1.80 bits per heavy atom. The zero-order valence-electron chi connectivity index (χ0n) is 27.6. The quantitative estimate of drug-likeness (QED) is 0.228. The molecular weight excluding hydrogens is 670 g/mol. The van der Waals surface area contributed by atoms with Gasteiger partial charge in [-0.3, -0.25) is 9.59 Å². The van der Waals surface area contributed by atoms with Crippen LogP contribution in [0, 0.1) is 11.3 Å². The third-order valence-corrected chi connectivity index (χ3v) is 10.7. The lowest BCUT2D eigenvalue weighted by Gasteiger charge is -2.35. The highest BCUT2D eigenvalue weighted by Gasteiger charge is 2.61. The van der Waals surface area contributed by atoms with Crippen LogP contribution in [0.2, 0.25) is 4.34 Å². The molecule has 3 amide bonds. The lowest BCUT2D eigenvalue weighted by Crippen LogP contribution is -2.59. The molecule has 1 aliphatic heterocycles. The number of hydrogen-bond donors (Lipinski definition) is 3. The van der Waals surface area contributed by atoms with Crippen molar-refractivity contribution in [2.45, 2.75) is 89.1 Å². The number of aliphatic carboxylic acids is 1. The number of carboxylic acids is 1. The number of carboxylic acid groups (broad SMARTS) is 1. The molecule has 5 atom stereocenters. The Bertz CT molecular complexity index is 1790. The second kappa shape index (κ2) is 13.6. The molecule has 3 fully saturated rings. The molecule has 12 nitrogen and oxygen atoms in total. The molecule has 0 spiro atoms. The van der Waals surface area contributed by atoms with Gasteiger partial charge in [-0.1, -0.05) is 50.6 Å². The summed E-state index contributed by atoms with van der Waals surface area (Å²) in [7, 11) is 0. The molecule has 2 saturated carbocycles. The van der Waals surface area contributed by atoms with Crippen molar-refractivity contribution in [3.05, 3.63) is 53.4 Å². The maximum atomic E-state index is 14.4. The molecule has 3 aromatic rings. The minimum Gasteiger partial charge on any atom is -0.479 e. The molecule has 0 bridgehead atoms. The van der Waals surface area contributed by atoms with Crippen LogP contribution in [0.25, 0.3) is 21.6 Å². The van der Waals surface area contributed by atoms with E-state index in [0.29, 0.717) is 21.1 Å². The highest BCUT2D eigenvalue weighted by Crippen LogP contribution is 2.45. The number of alkyl carbamates (subject to hydrolysis) is 1. The zero-order valence-corrected chi connectivity index (χ0v) is 29.2. The molecule has 2 aromatic heterocycles. The predicted octanol–water partition coefficient (Wildman–Crippen LogP) is 5.59. The largest absolute Gasteiger partial charge is 0.479 e. The van der Waals surface area contributed by atoms with Gasteiger partial charge in [0.05, 0.1) is 26.8 Å². The second-order valence-electron chi connectivity index (χ2n) is 14.0. The molecule has 1 saturated heterocycles.